The van der Waals surface area contributed by atoms with Gasteiger partial charge in [-0.2, -0.15) is 0 Å². The molecular formula is C35H42N2O4S. The molecule has 4 rings (SSSR count). The fourth-order valence-corrected chi connectivity index (χ4v) is 7.02. The smallest absolute Gasteiger partial charge is 0.417 e. The lowest BCUT2D eigenvalue weighted by Crippen LogP contribution is -2.60. The van der Waals surface area contributed by atoms with Crippen LogP contribution in [0.25, 0.3) is 0 Å². The Kier molecular flexibility index (Phi) is 9.97. The summed E-state index contributed by atoms with van der Waals surface area (Å²) in [7, 11) is 1.69. The van der Waals surface area contributed by atoms with Crippen LogP contribution in [0, 0.1) is 0 Å². The average Bonchev–Trinajstić information content (AvgIpc) is 3.37. The Morgan fingerprint density at radius 3 is 1.76 bits per heavy atom. The van der Waals surface area contributed by atoms with Gasteiger partial charge in [-0.05, 0) is 50.8 Å². The number of carbonyl (C=O) groups excluding carboxylic acids is 2. The molecule has 3 atom stereocenters. The van der Waals surface area contributed by atoms with Crippen LogP contribution in [0.2, 0.25) is 0 Å². The first kappa shape index (κ1) is 31.5. The first-order chi connectivity index (χ1) is 20.1. The standard InChI is InChI=1S/C35H42N2O4S/c1-7-25-34(5,40-6)31(29-23-24-30(38)37(29)32(39)41-33(2,3)4)36-42-35(26-17-11-8-12-18-26,27-19-13-9-14-20-27)28-21-15-10-16-22-28/h8-24,29,31,36H,7,25H2,1-6H3. The highest BCUT2D eigenvalue weighted by molar-refractivity contribution is 7.98. The number of hydrogen-bond acceptors (Lipinski definition) is 6. The molecule has 42 heavy (non-hydrogen) atoms. The van der Waals surface area contributed by atoms with Gasteiger partial charge in [0.25, 0.3) is 5.91 Å². The summed E-state index contributed by atoms with van der Waals surface area (Å²) in [6.07, 6.45) is 4.12. The Morgan fingerprint density at radius 1 is 0.881 bits per heavy atom. The molecule has 6 nitrogen and oxygen atoms in total. The monoisotopic (exact) mass is 586 g/mol. The van der Waals surface area contributed by atoms with Crippen LogP contribution in [0.3, 0.4) is 0 Å². The molecule has 0 bridgehead atoms. The number of hydrogen-bond donors (Lipinski definition) is 1. The fourth-order valence-electron chi connectivity index (χ4n) is 5.56. The van der Waals surface area contributed by atoms with Gasteiger partial charge in [0.2, 0.25) is 0 Å². The molecule has 2 amide bonds. The Morgan fingerprint density at radius 2 is 1.36 bits per heavy atom. The van der Waals surface area contributed by atoms with Gasteiger partial charge in [0, 0.05) is 13.2 Å². The third kappa shape index (κ3) is 6.64. The molecule has 0 fully saturated rings. The summed E-state index contributed by atoms with van der Waals surface area (Å²) in [4.78, 5) is 27.7. The van der Waals surface area contributed by atoms with Crippen LogP contribution in [-0.4, -0.2) is 47.3 Å². The SMILES string of the molecule is CCCC(C)(OC)C(NSC(c1ccccc1)(c1ccccc1)c1ccccc1)C1C=CC(=O)N1C(=O)OC(C)(C)C. The second kappa shape index (κ2) is 13.3. The van der Waals surface area contributed by atoms with Crippen molar-refractivity contribution in [2.75, 3.05) is 7.11 Å². The highest BCUT2D eigenvalue weighted by Crippen LogP contribution is 2.48. The van der Waals surface area contributed by atoms with Crippen LogP contribution in [0.4, 0.5) is 4.79 Å². The average molecular weight is 587 g/mol. The van der Waals surface area contributed by atoms with Crippen molar-refractivity contribution in [2.45, 2.75) is 75.5 Å². The summed E-state index contributed by atoms with van der Waals surface area (Å²) in [5.41, 5.74) is 1.80. The summed E-state index contributed by atoms with van der Waals surface area (Å²) in [5.74, 6) is -0.401. The van der Waals surface area contributed by atoms with E-state index in [1.165, 1.54) is 11.0 Å². The Balaban J connectivity index is 1.85. The van der Waals surface area contributed by atoms with Crippen LogP contribution >= 0.6 is 11.9 Å². The normalized spacial score (nSPS) is 17.6. The molecule has 7 heteroatoms. The van der Waals surface area contributed by atoms with Gasteiger partial charge in [-0.1, -0.05) is 122 Å². The van der Waals surface area contributed by atoms with Crippen molar-refractivity contribution in [3.05, 3.63) is 120 Å². The summed E-state index contributed by atoms with van der Waals surface area (Å²) in [6.45, 7) is 9.52. The third-order valence-corrected chi connectivity index (χ3v) is 9.04. The lowest BCUT2D eigenvalue weighted by Gasteiger charge is -2.44. The van der Waals surface area contributed by atoms with Crippen molar-refractivity contribution >= 4 is 23.9 Å². The van der Waals surface area contributed by atoms with E-state index in [1.807, 2.05) is 61.5 Å². The minimum absolute atomic E-state index is 0.401. The van der Waals surface area contributed by atoms with Crippen LogP contribution in [-0.2, 0) is 19.0 Å². The van der Waals surface area contributed by atoms with E-state index in [1.54, 1.807) is 45.9 Å². The van der Waals surface area contributed by atoms with E-state index in [4.69, 9.17) is 9.47 Å². The van der Waals surface area contributed by atoms with Gasteiger partial charge in [-0.15, -0.1) is 0 Å². The van der Waals surface area contributed by atoms with Gasteiger partial charge in [-0.25, -0.2) is 9.69 Å². The summed E-state index contributed by atoms with van der Waals surface area (Å²) in [5, 5.41) is 0. The van der Waals surface area contributed by atoms with Crippen molar-refractivity contribution < 1.29 is 19.1 Å². The zero-order valence-corrected chi connectivity index (χ0v) is 26.2. The quantitative estimate of drug-likeness (QED) is 0.185. The molecule has 1 aliphatic heterocycles. The van der Waals surface area contributed by atoms with Gasteiger partial charge in [0.05, 0.1) is 17.7 Å². The zero-order chi connectivity index (χ0) is 30.4. The lowest BCUT2D eigenvalue weighted by molar-refractivity contribution is -0.127. The van der Waals surface area contributed by atoms with Crippen LogP contribution < -0.4 is 4.72 Å². The summed E-state index contributed by atoms with van der Waals surface area (Å²) < 4.78 is 15.0. The molecule has 1 aliphatic rings. The number of carbonyl (C=O) groups is 2. The number of methoxy groups -OCH3 is 1. The van der Waals surface area contributed by atoms with Crippen molar-refractivity contribution in [3.63, 3.8) is 0 Å². The van der Waals surface area contributed by atoms with Crippen LogP contribution in [0.1, 0.15) is 64.2 Å². The molecule has 0 aliphatic carbocycles. The second-order valence-corrected chi connectivity index (χ2v) is 12.8. The van der Waals surface area contributed by atoms with Crippen molar-refractivity contribution in [1.29, 1.82) is 0 Å². The first-order valence-electron chi connectivity index (χ1n) is 14.5. The molecule has 3 aromatic carbocycles. The lowest BCUT2D eigenvalue weighted by atomic mass is 9.84. The van der Waals surface area contributed by atoms with E-state index in [-0.39, 0.29) is 0 Å². The number of rotatable bonds is 11. The Labute approximate surface area is 254 Å². The molecule has 0 spiro atoms. The summed E-state index contributed by atoms with van der Waals surface area (Å²) >= 11 is 1.57. The van der Waals surface area contributed by atoms with Crippen LogP contribution in [0.15, 0.2) is 103 Å². The molecule has 0 saturated carbocycles. The molecule has 3 unspecified atom stereocenters. The predicted molar refractivity (Wildman–Crippen MR) is 170 cm³/mol. The van der Waals surface area contributed by atoms with Gasteiger partial charge in [-0.3, -0.25) is 9.52 Å². The maximum absolute atomic E-state index is 13.4. The zero-order valence-electron chi connectivity index (χ0n) is 25.4. The second-order valence-electron chi connectivity index (χ2n) is 11.8. The minimum Gasteiger partial charge on any atom is -0.443 e. The van der Waals surface area contributed by atoms with Crippen molar-refractivity contribution in [3.8, 4) is 0 Å². The number of amides is 2. The number of benzene rings is 3. The van der Waals surface area contributed by atoms with Gasteiger partial charge >= 0.3 is 6.09 Å². The molecule has 0 radical (unpaired) electrons. The largest absolute Gasteiger partial charge is 0.443 e. The van der Waals surface area contributed by atoms with E-state index in [0.717, 1.165) is 23.1 Å². The van der Waals surface area contributed by atoms with E-state index >= 15 is 0 Å². The molecule has 0 saturated heterocycles. The molecule has 3 aromatic rings. The number of imide groups is 1. The topological polar surface area (TPSA) is 67.9 Å². The summed E-state index contributed by atoms with van der Waals surface area (Å²) in [6, 6.07) is 30.1. The highest BCUT2D eigenvalue weighted by atomic mass is 32.2. The van der Waals surface area contributed by atoms with Crippen molar-refractivity contribution in [2.24, 2.45) is 0 Å². The van der Waals surface area contributed by atoms with E-state index < -0.39 is 40.0 Å². The van der Waals surface area contributed by atoms with Gasteiger partial charge < -0.3 is 9.47 Å². The van der Waals surface area contributed by atoms with Gasteiger partial charge in [0.1, 0.15) is 10.3 Å². The molecule has 1 N–H and O–H groups in total. The molecule has 222 valence electrons. The van der Waals surface area contributed by atoms with E-state index in [9.17, 15) is 9.59 Å². The third-order valence-electron chi connectivity index (χ3n) is 7.65. The number of ether oxygens (including phenoxy) is 2. The molecule has 0 aromatic heterocycles. The maximum atomic E-state index is 13.4. The van der Waals surface area contributed by atoms with E-state index in [0.29, 0.717) is 6.42 Å². The fraction of sp³-hybridized carbons (Fsp3) is 0.371. The number of nitrogens with zero attached hydrogens (tertiary/aromatic N) is 1. The van der Waals surface area contributed by atoms with Gasteiger partial charge in [0.15, 0.2) is 0 Å². The van der Waals surface area contributed by atoms with E-state index in [2.05, 4.69) is 48.0 Å². The Hall–Kier alpha value is -3.39. The molecular weight excluding hydrogens is 544 g/mol. The minimum atomic E-state index is -0.751. The first-order valence-corrected chi connectivity index (χ1v) is 15.3. The van der Waals surface area contributed by atoms with Crippen LogP contribution in [0.5, 0.6) is 0 Å². The maximum Gasteiger partial charge on any atom is 0.417 e. The molecule has 1 heterocycles. The predicted octanol–water partition coefficient (Wildman–Crippen LogP) is 7.49. The highest BCUT2D eigenvalue weighted by Gasteiger charge is 2.48. The Bertz CT molecular complexity index is 1260. The van der Waals surface area contributed by atoms with Crippen molar-refractivity contribution in [1.82, 2.24) is 9.62 Å². The number of nitrogens with one attached hydrogen (secondary N) is 1.